The lowest BCUT2D eigenvalue weighted by Crippen LogP contribution is -2.41. The second-order valence-electron chi connectivity index (χ2n) is 3.70. The van der Waals surface area contributed by atoms with Gasteiger partial charge in [0, 0.05) is 23.5 Å². The van der Waals surface area contributed by atoms with E-state index in [1.807, 2.05) is 18.2 Å². The third-order valence-electron chi connectivity index (χ3n) is 2.18. The second kappa shape index (κ2) is 7.28. The van der Waals surface area contributed by atoms with E-state index in [1.54, 1.807) is 6.07 Å². The van der Waals surface area contributed by atoms with Crippen LogP contribution in [0.15, 0.2) is 24.3 Å². The molecule has 0 bridgehead atoms. The summed E-state index contributed by atoms with van der Waals surface area (Å²) in [5, 5.41) is 12.0. The molecule has 0 fully saturated rings. The number of amides is 1. The zero-order valence-electron chi connectivity index (χ0n) is 9.85. The lowest BCUT2D eigenvalue weighted by molar-refractivity contribution is -0.140. The number of rotatable bonds is 6. The van der Waals surface area contributed by atoms with Crippen molar-refractivity contribution in [2.45, 2.75) is 18.7 Å². The van der Waals surface area contributed by atoms with Crippen LogP contribution in [-0.4, -0.2) is 28.8 Å². The molecule has 0 aliphatic carbocycles. The zero-order chi connectivity index (χ0) is 13.5. The minimum Gasteiger partial charge on any atom is -0.480 e. The molecule has 0 aromatic heterocycles. The Bertz CT molecular complexity index is 439. The number of nitrogens with one attached hydrogen (secondary N) is 1. The average Bonchev–Trinajstić information content (AvgIpc) is 2.29. The number of carbonyl (C=O) groups excluding carboxylic acids is 1. The molecule has 4 nitrogen and oxygen atoms in total. The van der Waals surface area contributed by atoms with Gasteiger partial charge in [-0.1, -0.05) is 29.8 Å². The predicted molar refractivity (Wildman–Crippen MR) is 72.9 cm³/mol. The van der Waals surface area contributed by atoms with Gasteiger partial charge in [-0.2, -0.15) is 11.8 Å². The maximum absolute atomic E-state index is 10.9. The molecule has 1 unspecified atom stereocenters. The van der Waals surface area contributed by atoms with Crippen molar-refractivity contribution in [2.75, 3.05) is 5.75 Å². The largest absolute Gasteiger partial charge is 0.480 e. The van der Waals surface area contributed by atoms with E-state index in [9.17, 15) is 9.59 Å². The fraction of sp³-hybridized carbons (Fsp3) is 0.333. The first-order valence-corrected chi connectivity index (χ1v) is 6.85. The minimum absolute atomic E-state index is 0.306. The van der Waals surface area contributed by atoms with Crippen LogP contribution in [0, 0.1) is 0 Å². The van der Waals surface area contributed by atoms with Crippen molar-refractivity contribution in [3.05, 3.63) is 34.9 Å². The van der Waals surface area contributed by atoms with E-state index in [1.165, 1.54) is 18.7 Å². The number of carboxylic acid groups (broad SMARTS) is 1. The van der Waals surface area contributed by atoms with E-state index in [2.05, 4.69) is 5.32 Å². The lowest BCUT2D eigenvalue weighted by atomic mass is 10.2. The third kappa shape index (κ3) is 4.98. The van der Waals surface area contributed by atoms with Crippen LogP contribution in [0.3, 0.4) is 0 Å². The van der Waals surface area contributed by atoms with Gasteiger partial charge in [0.15, 0.2) is 0 Å². The number of aliphatic carboxylic acids is 1. The quantitative estimate of drug-likeness (QED) is 0.841. The molecule has 0 spiro atoms. The summed E-state index contributed by atoms with van der Waals surface area (Å²) in [5.41, 5.74) is 0.955. The maximum Gasteiger partial charge on any atom is 0.327 e. The fourth-order valence-corrected chi connectivity index (χ4v) is 2.66. The van der Waals surface area contributed by atoms with E-state index in [0.717, 1.165) is 5.56 Å². The summed E-state index contributed by atoms with van der Waals surface area (Å²) in [5.74, 6) is -0.457. The van der Waals surface area contributed by atoms with E-state index < -0.39 is 12.0 Å². The van der Waals surface area contributed by atoms with Crippen LogP contribution in [0.2, 0.25) is 5.02 Å². The molecule has 1 atom stereocenters. The van der Waals surface area contributed by atoms with Crippen molar-refractivity contribution in [3.8, 4) is 0 Å². The van der Waals surface area contributed by atoms with Gasteiger partial charge in [0.25, 0.3) is 0 Å². The van der Waals surface area contributed by atoms with Crippen LogP contribution in [0.25, 0.3) is 0 Å². The molecule has 0 heterocycles. The molecule has 2 N–H and O–H groups in total. The Morgan fingerprint density at radius 2 is 2.11 bits per heavy atom. The van der Waals surface area contributed by atoms with Crippen molar-refractivity contribution in [1.29, 1.82) is 0 Å². The van der Waals surface area contributed by atoms with Gasteiger partial charge < -0.3 is 10.4 Å². The van der Waals surface area contributed by atoms with Gasteiger partial charge in [-0.05, 0) is 11.6 Å². The first-order valence-electron chi connectivity index (χ1n) is 5.31. The SMILES string of the molecule is CC(=O)NC(CSCc1ccccc1Cl)C(=O)O. The van der Waals surface area contributed by atoms with Crippen LogP contribution in [-0.2, 0) is 15.3 Å². The van der Waals surface area contributed by atoms with Crippen molar-refractivity contribution in [3.63, 3.8) is 0 Å². The van der Waals surface area contributed by atoms with E-state index in [0.29, 0.717) is 16.5 Å². The molecule has 0 aliphatic heterocycles. The summed E-state index contributed by atoms with van der Waals surface area (Å²) in [4.78, 5) is 21.7. The van der Waals surface area contributed by atoms with Gasteiger partial charge in [0.05, 0.1) is 0 Å². The smallest absolute Gasteiger partial charge is 0.327 e. The lowest BCUT2D eigenvalue weighted by Gasteiger charge is -2.12. The summed E-state index contributed by atoms with van der Waals surface area (Å²) < 4.78 is 0. The molecule has 98 valence electrons. The molecule has 6 heteroatoms. The van der Waals surface area contributed by atoms with Crippen LogP contribution in [0.5, 0.6) is 0 Å². The Balaban J connectivity index is 2.46. The fourth-order valence-electron chi connectivity index (χ4n) is 1.32. The van der Waals surface area contributed by atoms with Crippen LogP contribution >= 0.6 is 23.4 Å². The molecule has 0 aliphatic rings. The summed E-state index contributed by atoms with van der Waals surface area (Å²) in [6, 6.07) is 6.54. The Labute approximate surface area is 115 Å². The molecule has 1 amide bonds. The van der Waals surface area contributed by atoms with Gasteiger partial charge in [0.1, 0.15) is 6.04 Å². The molecular formula is C12H14ClNO3S. The van der Waals surface area contributed by atoms with Crippen molar-refractivity contribution in [1.82, 2.24) is 5.32 Å². The zero-order valence-corrected chi connectivity index (χ0v) is 11.4. The number of halogens is 1. The van der Waals surface area contributed by atoms with Crippen molar-refractivity contribution >= 4 is 35.2 Å². The highest BCUT2D eigenvalue weighted by Gasteiger charge is 2.18. The highest BCUT2D eigenvalue weighted by Crippen LogP contribution is 2.21. The average molecular weight is 288 g/mol. The number of carbonyl (C=O) groups is 2. The normalized spacial score (nSPS) is 11.9. The molecule has 1 rings (SSSR count). The predicted octanol–water partition coefficient (Wildman–Crippen LogP) is 2.16. The second-order valence-corrected chi connectivity index (χ2v) is 5.14. The molecule has 1 aromatic carbocycles. The maximum atomic E-state index is 10.9. The highest BCUT2D eigenvalue weighted by atomic mass is 35.5. The molecule has 0 saturated carbocycles. The van der Waals surface area contributed by atoms with E-state index in [4.69, 9.17) is 16.7 Å². The number of thioether (sulfide) groups is 1. The monoisotopic (exact) mass is 287 g/mol. The molecule has 18 heavy (non-hydrogen) atoms. The van der Waals surface area contributed by atoms with Crippen molar-refractivity contribution in [2.24, 2.45) is 0 Å². The van der Waals surface area contributed by atoms with E-state index >= 15 is 0 Å². The first-order chi connectivity index (χ1) is 8.50. The molecule has 1 aromatic rings. The number of carboxylic acids is 1. The molecule has 0 saturated heterocycles. The molecular weight excluding hydrogens is 274 g/mol. The number of hydrogen-bond donors (Lipinski definition) is 2. The standard InChI is InChI=1S/C12H14ClNO3S/c1-8(15)14-11(12(16)17)7-18-6-9-4-2-3-5-10(9)13/h2-5,11H,6-7H2,1H3,(H,14,15)(H,16,17). The third-order valence-corrected chi connectivity index (χ3v) is 3.63. The number of benzene rings is 1. The summed E-state index contributed by atoms with van der Waals surface area (Å²) in [7, 11) is 0. The van der Waals surface area contributed by atoms with Crippen LogP contribution < -0.4 is 5.32 Å². The van der Waals surface area contributed by atoms with Crippen LogP contribution in [0.1, 0.15) is 12.5 Å². The first kappa shape index (κ1) is 14.9. The Morgan fingerprint density at radius 3 is 2.67 bits per heavy atom. The summed E-state index contributed by atoms with van der Waals surface area (Å²) >= 11 is 7.41. The van der Waals surface area contributed by atoms with Gasteiger partial charge in [-0.15, -0.1) is 0 Å². The molecule has 0 radical (unpaired) electrons. The summed E-state index contributed by atoms with van der Waals surface area (Å²) in [6.07, 6.45) is 0. The Kier molecular flexibility index (Phi) is 6.01. The van der Waals surface area contributed by atoms with Gasteiger partial charge in [-0.25, -0.2) is 4.79 Å². The Morgan fingerprint density at radius 1 is 1.44 bits per heavy atom. The topological polar surface area (TPSA) is 66.4 Å². The van der Waals surface area contributed by atoms with Gasteiger partial charge >= 0.3 is 5.97 Å². The minimum atomic E-state index is -1.03. The van der Waals surface area contributed by atoms with E-state index in [-0.39, 0.29) is 5.91 Å². The Hall–Kier alpha value is -1.20. The van der Waals surface area contributed by atoms with Crippen molar-refractivity contribution < 1.29 is 14.7 Å². The van der Waals surface area contributed by atoms with Gasteiger partial charge in [0.2, 0.25) is 5.91 Å². The highest BCUT2D eigenvalue weighted by molar-refractivity contribution is 7.98. The number of hydrogen-bond acceptors (Lipinski definition) is 3. The van der Waals surface area contributed by atoms with Crippen LogP contribution in [0.4, 0.5) is 0 Å². The summed E-state index contributed by atoms with van der Waals surface area (Å²) in [6.45, 7) is 1.30. The van der Waals surface area contributed by atoms with Gasteiger partial charge in [-0.3, -0.25) is 4.79 Å².